The Morgan fingerprint density at radius 1 is 1.20 bits per heavy atom. The molecule has 130 valence electrons. The number of para-hydroxylation sites is 1. The van der Waals surface area contributed by atoms with Gasteiger partial charge in [-0.15, -0.1) is 22.7 Å². The summed E-state index contributed by atoms with van der Waals surface area (Å²) in [4.78, 5) is 18.0. The predicted molar refractivity (Wildman–Crippen MR) is 103 cm³/mol. The van der Waals surface area contributed by atoms with Crippen molar-refractivity contribution in [3.05, 3.63) is 57.7 Å². The summed E-state index contributed by atoms with van der Waals surface area (Å²) in [6.07, 6.45) is 1.17. The molecule has 1 amide bonds. The lowest BCUT2D eigenvalue weighted by Gasteiger charge is -2.07. The van der Waals surface area contributed by atoms with Crippen molar-refractivity contribution in [1.29, 1.82) is 0 Å². The number of amides is 1. The fourth-order valence-electron chi connectivity index (χ4n) is 2.44. The SMILES string of the molecule is CCOc1ccccc1-c1nc(CC(=O)NCCc2cccs2)cs1. The third-order valence-electron chi connectivity index (χ3n) is 3.58. The van der Waals surface area contributed by atoms with Gasteiger partial charge >= 0.3 is 0 Å². The van der Waals surface area contributed by atoms with E-state index < -0.39 is 0 Å². The van der Waals surface area contributed by atoms with Crippen molar-refractivity contribution < 1.29 is 9.53 Å². The predicted octanol–water partition coefficient (Wildman–Crippen LogP) is 4.17. The van der Waals surface area contributed by atoms with Gasteiger partial charge in [0.2, 0.25) is 5.91 Å². The van der Waals surface area contributed by atoms with Crippen LogP contribution < -0.4 is 10.1 Å². The van der Waals surface area contributed by atoms with Gasteiger partial charge in [0.15, 0.2) is 0 Å². The maximum absolute atomic E-state index is 12.1. The molecular formula is C19H20N2O2S2. The molecule has 0 bridgehead atoms. The number of hydrogen-bond acceptors (Lipinski definition) is 5. The van der Waals surface area contributed by atoms with E-state index in [2.05, 4.69) is 16.4 Å². The van der Waals surface area contributed by atoms with Crippen LogP contribution in [0.1, 0.15) is 17.5 Å². The van der Waals surface area contributed by atoms with E-state index in [9.17, 15) is 4.79 Å². The second kappa shape index (κ2) is 8.78. The van der Waals surface area contributed by atoms with Crippen LogP contribution in [0.4, 0.5) is 0 Å². The number of nitrogens with zero attached hydrogens (tertiary/aromatic N) is 1. The molecule has 0 fully saturated rings. The molecule has 25 heavy (non-hydrogen) atoms. The molecule has 0 unspecified atom stereocenters. The molecule has 0 aliphatic heterocycles. The molecule has 0 atom stereocenters. The Bertz CT molecular complexity index is 812. The highest BCUT2D eigenvalue weighted by atomic mass is 32.1. The van der Waals surface area contributed by atoms with Gasteiger partial charge in [0.25, 0.3) is 0 Å². The van der Waals surface area contributed by atoms with Gasteiger partial charge in [0.05, 0.1) is 24.3 Å². The lowest BCUT2D eigenvalue weighted by atomic mass is 10.2. The molecule has 0 radical (unpaired) electrons. The van der Waals surface area contributed by atoms with Crippen LogP contribution in [0.2, 0.25) is 0 Å². The number of rotatable bonds is 8. The Kier molecular flexibility index (Phi) is 6.19. The summed E-state index contributed by atoms with van der Waals surface area (Å²) in [5.41, 5.74) is 1.76. The Morgan fingerprint density at radius 3 is 2.88 bits per heavy atom. The monoisotopic (exact) mass is 372 g/mol. The lowest BCUT2D eigenvalue weighted by Crippen LogP contribution is -2.27. The molecule has 0 aliphatic carbocycles. The van der Waals surface area contributed by atoms with E-state index in [1.54, 1.807) is 11.3 Å². The van der Waals surface area contributed by atoms with Crippen molar-refractivity contribution in [2.45, 2.75) is 19.8 Å². The van der Waals surface area contributed by atoms with E-state index in [4.69, 9.17) is 4.74 Å². The van der Waals surface area contributed by atoms with E-state index in [0.29, 0.717) is 19.6 Å². The highest BCUT2D eigenvalue weighted by Crippen LogP contribution is 2.32. The quantitative estimate of drug-likeness (QED) is 0.646. The molecule has 0 aliphatic rings. The first-order valence-electron chi connectivity index (χ1n) is 8.22. The second-order valence-electron chi connectivity index (χ2n) is 5.43. The minimum atomic E-state index is 0.00602. The summed E-state index contributed by atoms with van der Waals surface area (Å²) < 4.78 is 5.66. The van der Waals surface area contributed by atoms with Gasteiger partial charge in [0.1, 0.15) is 10.8 Å². The fraction of sp³-hybridized carbons (Fsp3) is 0.263. The smallest absolute Gasteiger partial charge is 0.226 e. The van der Waals surface area contributed by atoms with Crippen molar-refractivity contribution in [3.63, 3.8) is 0 Å². The van der Waals surface area contributed by atoms with Crippen LogP contribution in [0.25, 0.3) is 10.6 Å². The summed E-state index contributed by atoms with van der Waals surface area (Å²) in [7, 11) is 0. The zero-order valence-electron chi connectivity index (χ0n) is 14.0. The molecule has 3 aromatic rings. The maximum atomic E-state index is 12.1. The third-order valence-corrected chi connectivity index (χ3v) is 5.44. The van der Waals surface area contributed by atoms with Gasteiger partial charge in [0, 0.05) is 16.8 Å². The fourth-order valence-corrected chi connectivity index (χ4v) is 4.00. The molecule has 2 aromatic heterocycles. The van der Waals surface area contributed by atoms with Gasteiger partial charge in [-0.3, -0.25) is 4.79 Å². The molecule has 3 rings (SSSR count). The van der Waals surface area contributed by atoms with Crippen molar-refractivity contribution in [1.82, 2.24) is 10.3 Å². The Labute approximate surface area is 155 Å². The summed E-state index contributed by atoms with van der Waals surface area (Å²) in [5, 5.41) is 7.83. The average molecular weight is 373 g/mol. The van der Waals surface area contributed by atoms with Crippen LogP contribution in [-0.4, -0.2) is 24.0 Å². The number of carbonyl (C=O) groups is 1. The standard InChI is InChI=1S/C19H20N2O2S2/c1-2-23-17-8-4-3-7-16(17)19-21-14(13-25-19)12-18(22)20-10-9-15-6-5-11-24-15/h3-8,11,13H,2,9-10,12H2,1H3,(H,20,22). The van der Waals surface area contributed by atoms with Crippen LogP contribution in [0.15, 0.2) is 47.2 Å². The lowest BCUT2D eigenvalue weighted by molar-refractivity contribution is -0.120. The number of nitrogens with one attached hydrogen (secondary N) is 1. The molecule has 6 heteroatoms. The van der Waals surface area contributed by atoms with E-state index in [0.717, 1.165) is 28.4 Å². The molecule has 2 heterocycles. The highest BCUT2D eigenvalue weighted by Gasteiger charge is 2.12. The van der Waals surface area contributed by atoms with Gasteiger partial charge in [-0.25, -0.2) is 4.98 Å². The molecule has 0 saturated carbocycles. The number of thiazole rings is 1. The van der Waals surface area contributed by atoms with Crippen molar-refractivity contribution >= 4 is 28.6 Å². The highest BCUT2D eigenvalue weighted by molar-refractivity contribution is 7.13. The largest absolute Gasteiger partial charge is 0.493 e. The Hall–Kier alpha value is -2.18. The average Bonchev–Trinajstić information content (AvgIpc) is 3.28. The van der Waals surface area contributed by atoms with Crippen molar-refractivity contribution in [2.24, 2.45) is 0 Å². The molecule has 1 aromatic carbocycles. The number of carbonyl (C=O) groups excluding carboxylic acids is 1. The summed E-state index contributed by atoms with van der Waals surface area (Å²) in [6, 6.07) is 12.0. The normalized spacial score (nSPS) is 10.6. The zero-order chi connectivity index (χ0) is 17.5. The molecule has 1 N–H and O–H groups in total. The van der Waals surface area contributed by atoms with Crippen LogP contribution >= 0.6 is 22.7 Å². The van der Waals surface area contributed by atoms with Gasteiger partial charge in [-0.05, 0) is 36.9 Å². The number of thiophene rings is 1. The van der Waals surface area contributed by atoms with E-state index in [1.165, 1.54) is 16.2 Å². The summed E-state index contributed by atoms with van der Waals surface area (Å²) in [6.45, 7) is 3.23. The zero-order valence-corrected chi connectivity index (χ0v) is 15.7. The number of hydrogen-bond donors (Lipinski definition) is 1. The van der Waals surface area contributed by atoms with E-state index in [1.807, 2.05) is 48.0 Å². The topological polar surface area (TPSA) is 51.2 Å². The van der Waals surface area contributed by atoms with Gasteiger partial charge in [-0.2, -0.15) is 0 Å². The first-order chi connectivity index (χ1) is 12.3. The van der Waals surface area contributed by atoms with Crippen molar-refractivity contribution in [3.8, 4) is 16.3 Å². The Balaban J connectivity index is 1.57. The van der Waals surface area contributed by atoms with Gasteiger partial charge < -0.3 is 10.1 Å². The maximum Gasteiger partial charge on any atom is 0.226 e. The minimum Gasteiger partial charge on any atom is -0.493 e. The molecule has 0 saturated heterocycles. The number of benzene rings is 1. The minimum absolute atomic E-state index is 0.00602. The van der Waals surface area contributed by atoms with Crippen molar-refractivity contribution in [2.75, 3.05) is 13.2 Å². The van der Waals surface area contributed by atoms with Crippen LogP contribution in [0, 0.1) is 0 Å². The molecule has 0 spiro atoms. The first-order valence-corrected chi connectivity index (χ1v) is 9.98. The van der Waals surface area contributed by atoms with Gasteiger partial charge in [-0.1, -0.05) is 18.2 Å². The van der Waals surface area contributed by atoms with E-state index >= 15 is 0 Å². The van der Waals surface area contributed by atoms with Crippen LogP contribution in [-0.2, 0) is 17.6 Å². The number of aromatic nitrogens is 1. The van der Waals surface area contributed by atoms with Crippen LogP contribution in [0.5, 0.6) is 5.75 Å². The summed E-state index contributed by atoms with van der Waals surface area (Å²) >= 11 is 3.25. The molecule has 4 nitrogen and oxygen atoms in total. The third kappa shape index (κ3) is 4.90. The molecular weight excluding hydrogens is 352 g/mol. The Morgan fingerprint density at radius 2 is 2.08 bits per heavy atom. The van der Waals surface area contributed by atoms with Crippen LogP contribution in [0.3, 0.4) is 0 Å². The summed E-state index contributed by atoms with van der Waals surface area (Å²) in [5.74, 6) is 0.831. The van der Waals surface area contributed by atoms with E-state index in [-0.39, 0.29) is 5.91 Å². The second-order valence-corrected chi connectivity index (χ2v) is 7.32. The first kappa shape index (κ1) is 17.6. The number of ether oxygens (including phenoxy) is 1.